The number of nitrogens with zero attached hydrogens (tertiary/aromatic N) is 2. The minimum Gasteiger partial charge on any atom is -0.469 e. The van der Waals surface area contributed by atoms with Crippen molar-refractivity contribution in [2.45, 2.75) is 38.0 Å². The number of nitro groups is 1. The number of hydrogen-bond donors (Lipinski definition) is 0. The second-order valence-electron chi connectivity index (χ2n) is 8.94. The van der Waals surface area contributed by atoms with Crippen LogP contribution in [0, 0.1) is 10.1 Å². The minimum absolute atomic E-state index is 0.0157. The number of rotatable bonds is 9. The Morgan fingerprint density at radius 2 is 1.72 bits per heavy atom. The monoisotopic (exact) mass is 488 g/mol. The molecule has 0 radical (unpaired) electrons. The first-order chi connectivity index (χ1) is 17.5. The summed E-state index contributed by atoms with van der Waals surface area (Å²) in [6.45, 7) is 4.02. The molecule has 1 aliphatic heterocycles. The van der Waals surface area contributed by atoms with Gasteiger partial charge in [0.1, 0.15) is 5.69 Å². The van der Waals surface area contributed by atoms with Crippen LogP contribution in [-0.4, -0.2) is 37.8 Å². The molecule has 3 aromatic carbocycles. The van der Waals surface area contributed by atoms with E-state index in [1.807, 2.05) is 72.5 Å². The van der Waals surface area contributed by atoms with Crippen molar-refractivity contribution in [3.8, 4) is 0 Å². The zero-order valence-electron chi connectivity index (χ0n) is 20.8. The Morgan fingerprint density at radius 1 is 1.03 bits per heavy atom. The van der Waals surface area contributed by atoms with Crippen LogP contribution < -0.4 is 4.90 Å². The first kappa shape index (κ1) is 25.4. The first-order valence-electron chi connectivity index (χ1n) is 12.4. The fourth-order valence-electron chi connectivity index (χ4n) is 5.05. The van der Waals surface area contributed by atoms with Crippen LogP contribution in [0.5, 0.6) is 0 Å². The lowest BCUT2D eigenvalue weighted by atomic mass is 9.87. The van der Waals surface area contributed by atoms with Crippen molar-refractivity contribution in [3.63, 3.8) is 0 Å². The Kier molecular flexibility index (Phi) is 8.33. The third-order valence-corrected chi connectivity index (χ3v) is 6.89. The number of anilines is 2. The molecular formula is C29H32N2O5. The van der Waals surface area contributed by atoms with E-state index in [-0.39, 0.29) is 28.9 Å². The van der Waals surface area contributed by atoms with Crippen molar-refractivity contribution in [3.05, 3.63) is 99.6 Å². The molecule has 7 nitrogen and oxygen atoms in total. The Morgan fingerprint density at radius 3 is 2.39 bits per heavy atom. The predicted molar refractivity (Wildman–Crippen MR) is 140 cm³/mol. The average Bonchev–Trinajstić information content (AvgIpc) is 2.93. The van der Waals surface area contributed by atoms with Crippen LogP contribution >= 0.6 is 0 Å². The highest BCUT2D eigenvalue weighted by atomic mass is 16.6. The van der Waals surface area contributed by atoms with E-state index in [9.17, 15) is 14.9 Å². The summed E-state index contributed by atoms with van der Waals surface area (Å²) in [7, 11) is 1.35. The van der Waals surface area contributed by atoms with Gasteiger partial charge in [-0.15, -0.1) is 0 Å². The topological polar surface area (TPSA) is 81.9 Å². The fourth-order valence-corrected chi connectivity index (χ4v) is 5.05. The van der Waals surface area contributed by atoms with Crippen molar-refractivity contribution in [1.29, 1.82) is 0 Å². The molecule has 0 spiro atoms. The summed E-state index contributed by atoms with van der Waals surface area (Å²) in [5, 5.41) is 12.3. The van der Waals surface area contributed by atoms with Gasteiger partial charge in [-0.05, 0) is 54.5 Å². The van der Waals surface area contributed by atoms with Crippen LogP contribution in [0.4, 0.5) is 17.1 Å². The molecule has 0 saturated carbocycles. The summed E-state index contributed by atoms with van der Waals surface area (Å²) in [5.41, 5.74) is 4.33. The molecule has 1 aliphatic rings. The minimum atomic E-state index is -0.365. The number of hydrogen-bond acceptors (Lipinski definition) is 6. The van der Waals surface area contributed by atoms with Crippen molar-refractivity contribution in [2.24, 2.45) is 0 Å². The number of ether oxygens (including phenoxy) is 2. The van der Waals surface area contributed by atoms with E-state index in [4.69, 9.17) is 9.47 Å². The number of carbonyl (C=O) groups excluding carboxylic acids is 1. The molecule has 0 amide bonds. The molecule has 1 saturated heterocycles. The van der Waals surface area contributed by atoms with Crippen LogP contribution in [0.3, 0.4) is 0 Å². The molecule has 36 heavy (non-hydrogen) atoms. The lowest BCUT2D eigenvalue weighted by Gasteiger charge is -2.30. The Hall–Kier alpha value is -3.71. The van der Waals surface area contributed by atoms with Gasteiger partial charge in [-0.1, -0.05) is 54.6 Å². The fraction of sp³-hybridized carbons (Fsp3) is 0.345. The van der Waals surface area contributed by atoms with E-state index in [2.05, 4.69) is 6.07 Å². The van der Waals surface area contributed by atoms with Gasteiger partial charge in [0.05, 0.1) is 18.5 Å². The highest BCUT2D eigenvalue weighted by molar-refractivity contribution is 5.76. The first-order valence-corrected chi connectivity index (χ1v) is 12.4. The normalized spacial score (nSPS) is 14.7. The summed E-state index contributed by atoms with van der Waals surface area (Å²) >= 11 is 0. The van der Waals surface area contributed by atoms with Crippen molar-refractivity contribution < 1.29 is 19.2 Å². The second kappa shape index (κ2) is 11.8. The van der Waals surface area contributed by atoms with Gasteiger partial charge in [0.2, 0.25) is 0 Å². The smallest absolute Gasteiger partial charge is 0.306 e. The van der Waals surface area contributed by atoms with E-state index >= 15 is 0 Å². The number of para-hydroxylation sites is 1. The third kappa shape index (κ3) is 5.57. The second-order valence-corrected chi connectivity index (χ2v) is 8.94. The predicted octanol–water partition coefficient (Wildman–Crippen LogP) is 6.34. The van der Waals surface area contributed by atoms with Crippen LogP contribution in [-0.2, 0) is 14.3 Å². The van der Waals surface area contributed by atoms with E-state index in [1.165, 1.54) is 12.7 Å². The van der Waals surface area contributed by atoms with Gasteiger partial charge in [0.25, 0.3) is 5.69 Å². The van der Waals surface area contributed by atoms with E-state index in [0.717, 1.165) is 37.3 Å². The maximum absolute atomic E-state index is 12.3. The highest BCUT2D eigenvalue weighted by Crippen LogP contribution is 2.41. The van der Waals surface area contributed by atoms with Crippen molar-refractivity contribution in [2.75, 3.05) is 31.8 Å². The molecule has 188 valence electrons. The Balaban J connectivity index is 1.77. The zero-order valence-corrected chi connectivity index (χ0v) is 20.8. The zero-order chi connectivity index (χ0) is 25.5. The van der Waals surface area contributed by atoms with Crippen LogP contribution in [0.2, 0.25) is 0 Å². The number of nitro benzene ring substituents is 1. The van der Waals surface area contributed by atoms with Gasteiger partial charge >= 0.3 is 5.97 Å². The van der Waals surface area contributed by atoms with Crippen LogP contribution in [0.25, 0.3) is 0 Å². The summed E-state index contributed by atoms with van der Waals surface area (Å²) < 4.78 is 10.5. The number of benzene rings is 3. The SMILES string of the molecule is CCN(c1ccccc1C1CCOCC1)c1ccc(C(CC(=O)OC)c2ccccc2)cc1[N+](=O)[O-]. The van der Waals surface area contributed by atoms with Crippen LogP contribution in [0.15, 0.2) is 72.8 Å². The quantitative estimate of drug-likeness (QED) is 0.199. The molecule has 0 bridgehead atoms. The standard InChI is InChI=1S/C29H32N2O5/c1-3-30(26-12-8-7-11-24(26)22-15-17-36-18-16-22)27-14-13-23(19-28(27)31(33)34)25(20-29(32)35-2)21-9-5-4-6-10-21/h4-14,19,22,25H,3,15-18,20H2,1-2H3. The molecule has 1 heterocycles. The molecule has 7 heteroatoms. The van der Waals surface area contributed by atoms with Crippen molar-refractivity contribution >= 4 is 23.0 Å². The number of carbonyl (C=O) groups is 1. The van der Waals surface area contributed by atoms with Crippen LogP contribution in [0.1, 0.15) is 54.7 Å². The highest BCUT2D eigenvalue weighted by Gasteiger charge is 2.27. The average molecular weight is 489 g/mol. The van der Waals surface area contributed by atoms with E-state index in [1.54, 1.807) is 6.07 Å². The van der Waals surface area contributed by atoms with E-state index < -0.39 is 0 Å². The maximum atomic E-state index is 12.3. The summed E-state index contributed by atoms with van der Waals surface area (Å²) in [5.74, 6) is -0.364. The third-order valence-electron chi connectivity index (χ3n) is 6.89. The summed E-state index contributed by atoms with van der Waals surface area (Å²) in [6, 6.07) is 23.0. The van der Waals surface area contributed by atoms with Crippen molar-refractivity contribution in [1.82, 2.24) is 0 Å². The molecule has 1 unspecified atom stereocenters. The molecule has 0 N–H and O–H groups in total. The van der Waals surface area contributed by atoms with E-state index in [0.29, 0.717) is 23.7 Å². The molecule has 0 aromatic heterocycles. The van der Waals surface area contributed by atoms with Gasteiger partial charge in [0, 0.05) is 37.4 Å². The summed E-state index contributed by atoms with van der Waals surface area (Å²) in [6.07, 6.45) is 1.96. The van der Waals surface area contributed by atoms with Gasteiger partial charge < -0.3 is 14.4 Å². The van der Waals surface area contributed by atoms with Gasteiger partial charge in [-0.2, -0.15) is 0 Å². The number of methoxy groups -OCH3 is 1. The Labute approximate surface area is 211 Å². The van der Waals surface area contributed by atoms with Gasteiger partial charge in [-0.25, -0.2) is 0 Å². The Bertz CT molecular complexity index is 1190. The molecule has 3 aromatic rings. The largest absolute Gasteiger partial charge is 0.469 e. The molecule has 0 aliphatic carbocycles. The molecule has 1 atom stereocenters. The lowest BCUT2D eigenvalue weighted by molar-refractivity contribution is -0.384. The maximum Gasteiger partial charge on any atom is 0.306 e. The molecule has 1 fully saturated rings. The summed E-state index contributed by atoms with van der Waals surface area (Å²) in [4.78, 5) is 26.2. The molecule has 4 rings (SSSR count). The molecular weight excluding hydrogens is 456 g/mol. The van der Waals surface area contributed by atoms with Gasteiger partial charge in [0.15, 0.2) is 0 Å². The van der Waals surface area contributed by atoms with Gasteiger partial charge in [-0.3, -0.25) is 14.9 Å². The lowest BCUT2D eigenvalue weighted by Crippen LogP contribution is -2.22. The number of esters is 1.